The van der Waals surface area contributed by atoms with Gasteiger partial charge in [-0.2, -0.15) is 13.8 Å². The summed E-state index contributed by atoms with van der Waals surface area (Å²) in [4.78, 5) is 30.7. The molecule has 43 heavy (non-hydrogen) atoms. The minimum Gasteiger partial charge on any atom is -0.504 e. The van der Waals surface area contributed by atoms with Crippen molar-refractivity contribution < 1.29 is 42.8 Å². The number of halogens is 2. The maximum atomic E-state index is 15.8. The first-order valence-electron chi connectivity index (χ1n) is 13.2. The highest BCUT2D eigenvalue weighted by atomic mass is 19.1. The van der Waals surface area contributed by atoms with E-state index in [1.165, 1.54) is 47.4 Å². The number of carbonyl (C=O) groups excluding carboxylic acids is 1. The van der Waals surface area contributed by atoms with Gasteiger partial charge >= 0.3 is 5.97 Å². The van der Waals surface area contributed by atoms with Gasteiger partial charge in [0.2, 0.25) is 17.4 Å². The van der Waals surface area contributed by atoms with E-state index in [2.05, 4.69) is 4.98 Å². The van der Waals surface area contributed by atoms with Crippen molar-refractivity contribution in [2.24, 2.45) is 5.73 Å². The third-order valence-corrected chi connectivity index (χ3v) is 6.82. The second-order valence-electron chi connectivity index (χ2n) is 10.1. The molecular formula is C29H31F2N5O7. The Morgan fingerprint density at radius 2 is 1.72 bits per heavy atom. The van der Waals surface area contributed by atoms with E-state index in [1.54, 1.807) is 25.9 Å². The molecule has 1 saturated heterocycles. The van der Waals surface area contributed by atoms with Crippen LogP contribution in [0.25, 0.3) is 0 Å². The van der Waals surface area contributed by atoms with Crippen LogP contribution in [0.1, 0.15) is 35.7 Å². The number of phenols is 1. The lowest BCUT2D eigenvalue weighted by Crippen LogP contribution is -2.46. The van der Waals surface area contributed by atoms with Crippen LogP contribution in [0.4, 0.5) is 8.78 Å². The molecule has 5 N–H and O–H groups in total. The molecule has 1 fully saturated rings. The largest absolute Gasteiger partial charge is 0.504 e. The Balaban J connectivity index is 1.70. The highest BCUT2D eigenvalue weighted by Crippen LogP contribution is 2.40. The molecule has 0 aliphatic carbocycles. The number of aliphatic carboxylic acids is 1. The summed E-state index contributed by atoms with van der Waals surface area (Å²) in [5.41, 5.74) is 5.92. The van der Waals surface area contributed by atoms with E-state index in [1.807, 2.05) is 0 Å². The molecule has 228 valence electrons. The summed E-state index contributed by atoms with van der Waals surface area (Å²) in [6, 6.07) is 8.83. The van der Waals surface area contributed by atoms with Crippen molar-refractivity contribution >= 4 is 17.7 Å². The van der Waals surface area contributed by atoms with Gasteiger partial charge in [-0.15, -0.1) is 0 Å². The van der Waals surface area contributed by atoms with Crippen LogP contribution in [-0.4, -0.2) is 82.0 Å². The monoisotopic (exact) mass is 599 g/mol. The molecule has 1 amide bonds. The standard InChI is InChI=1S/C29H31F2N5O7/c1-15(29(39)40)36-11-9-18(10-12-36)41-24-22(30)26(42-19-6-4-5-17(13-19)28(38)35(2)3)34-27(23(24)31)43-21-14-16(25(32)33)7-8-20(21)37/h4-8,13-15,18,37H,9-12H2,1-3H3,(H3,32,33)(H,39,40). The van der Waals surface area contributed by atoms with Crippen molar-refractivity contribution in [3.63, 3.8) is 0 Å². The second-order valence-corrected chi connectivity index (χ2v) is 10.1. The number of carbonyl (C=O) groups is 2. The number of amidine groups is 1. The zero-order chi connectivity index (χ0) is 31.4. The Bertz CT molecular complexity index is 1540. The van der Waals surface area contributed by atoms with Gasteiger partial charge in [0.15, 0.2) is 11.5 Å². The lowest BCUT2D eigenvalue weighted by atomic mass is 10.1. The smallest absolute Gasteiger partial charge is 0.320 e. The zero-order valence-corrected chi connectivity index (χ0v) is 23.6. The first kappa shape index (κ1) is 31.0. The number of aromatic hydroxyl groups is 1. The number of nitrogens with two attached hydrogens (primary N) is 1. The van der Waals surface area contributed by atoms with E-state index >= 15 is 8.78 Å². The van der Waals surface area contributed by atoms with Gasteiger partial charge in [0.25, 0.3) is 17.7 Å². The minimum atomic E-state index is -1.32. The number of ether oxygens (including phenoxy) is 3. The van der Waals surface area contributed by atoms with Crippen LogP contribution >= 0.6 is 0 Å². The molecule has 0 bridgehead atoms. The number of carboxylic acids is 1. The van der Waals surface area contributed by atoms with E-state index in [0.29, 0.717) is 13.1 Å². The Morgan fingerprint density at radius 3 is 2.33 bits per heavy atom. The number of rotatable bonds is 10. The maximum Gasteiger partial charge on any atom is 0.320 e. The van der Waals surface area contributed by atoms with Crippen LogP contribution in [0.2, 0.25) is 0 Å². The second kappa shape index (κ2) is 12.9. The molecule has 1 atom stereocenters. The molecule has 1 aromatic heterocycles. The predicted octanol–water partition coefficient (Wildman–Crippen LogP) is 3.95. The molecule has 1 aliphatic rings. The molecule has 0 spiro atoms. The fraction of sp³-hybridized carbons (Fsp3) is 0.310. The molecule has 12 nitrogen and oxygen atoms in total. The quantitative estimate of drug-likeness (QED) is 0.198. The number of nitrogen functional groups attached to an aromatic ring is 1. The number of benzene rings is 2. The average molecular weight is 600 g/mol. The van der Waals surface area contributed by atoms with E-state index in [4.69, 9.17) is 25.4 Å². The fourth-order valence-corrected chi connectivity index (χ4v) is 4.35. The maximum absolute atomic E-state index is 15.8. The zero-order valence-electron chi connectivity index (χ0n) is 23.6. The number of nitrogens with one attached hydrogen (secondary N) is 1. The van der Waals surface area contributed by atoms with E-state index in [0.717, 1.165) is 0 Å². The number of likely N-dealkylation sites (tertiary alicyclic amines) is 1. The van der Waals surface area contributed by atoms with Gasteiger partial charge in [-0.1, -0.05) is 6.07 Å². The number of piperidine rings is 1. The number of nitrogens with zero attached hydrogens (tertiary/aromatic N) is 3. The predicted molar refractivity (Wildman–Crippen MR) is 150 cm³/mol. The molecule has 2 aromatic carbocycles. The number of hydrogen-bond acceptors (Lipinski definition) is 9. The number of hydrogen-bond donors (Lipinski definition) is 4. The molecule has 3 aromatic rings. The Kier molecular flexibility index (Phi) is 9.29. The molecule has 14 heteroatoms. The molecule has 0 saturated carbocycles. The molecule has 1 unspecified atom stereocenters. The van der Waals surface area contributed by atoms with Crippen molar-refractivity contribution in [3.05, 3.63) is 65.2 Å². The number of carboxylic acid groups (broad SMARTS) is 1. The summed E-state index contributed by atoms with van der Waals surface area (Å²) in [6.45, 7) is 2.19. The number of pyridine rings is 1. The van der Waals surface area contributed by atoms with E-state index in [-0.39, 0.29) is 47.2 Å². The van der Waals surface area contributed by atoms with Crippen LogP contribution in [0.15, 0.2) is 42.5 Å². The Morgan fingerprint density at radius 1 is 1.07 bits per heavy atom. The Labute approximate surface area is 245 Å². The van der Waals surface area contributed by atoms with Gasteiger partial charge in [0, 0.05) is 38.3 Å². The van der Waals surface area contributed by atoms with Crippen molar-refractivity contribution in [3.8, 4) is 34.8 Å². The number of phenolic OH excluding ortho intramolecular Hbond substituents is 1. The van der Waals surface area contributed by atoms with Crippen LogP contribution in [0.5, 0.6) is 34.8 Å². The van der Waals surface area contributed by atoms with Gasteiger partial charge in [-0.3, -0.25) is 19.9 Å². The number of amides is 1. The summed E-state index contributed by atoms with van der Waals surface area (Å²) in [6.07, 6.45) is -0.122. The van der Waals surface area contributed by atoms with Crippen LogP contribution < -0.4 is 19.9 Å². The molecule has 2 heterocycles. The Hall–Kier alpha value is -4.98. The van der Waals surface area contributed by atoms with Gasteiger partial charge in [0.05, 0.1) is 0 Å². The lowest BCUT2D eigenvalue weighted by molar-refractivity contribution is -0.143. The van der Waals surface area contributed by atoms with E-state index in [9.17, 15) is 19.8 Å². The summed E-state index contributed by atoms with van der Waals surface area (Å²) >= 11 is 0. The third-order valence-electron chi connectivity index (χ3n) is 6.82. The summed E-state index contributed by atoms with van der Waals surface area (Å²) in [5.74, 6) is -7.41. The fourth-order valence-electron chi connectivity index (χ4n) is 4.35. The molecule has 0 radical (unpaired) electrons. The van der Waals surface area contributed by atoms with Gasteiger partial charge in [0.1, 0.15) is 23.7 Å². The van der Waals surface area contributed by atoms with Crippen LogP contribution in [-0.2, 0) is 4.79 Å². The SMILES string of the molecule is CC(C(=O)O)N1CCC(Oc2c(F)c(Oc3cccc(C(=O)N(C)C)c3)nc(Oc3cc(C(=N)N)ccc3O)c2F)CC1. The minimum absolute atomic E-state index is 0.0139. The molecular weight excluding hydrogens is 568 g/mol. The van der Waals surface area contributed by atoms with Crippen molar-refractivity contribution in [2.75, 3.05) is 27.2 Å². The highest BCUT2D eigenvalue weighted by Gasteiger charge is 2.31. The van der Waals surface area contributed by atoms with E-state index < -0.39 is 53.0 Å². The lowest BCUT2D eigenvalue weighted by Gasteiger charge is -2.34. The first-order chi connectivity index (χ1) is 20.3. The van der Waals surface area contributed by atoms with Crippen molar-refractivity contribution in [1.82, 2.24) is 14.8 Å². The van der Waals surface area contributed by atoms with Crippen LogP contribution in [0.3, 0.4) is 0 Å². The highest BCUT2D eigenvalue weighted by molar-refractivity contribution is 5.95. The van der Waals surface area contributed by atoms with Gasteiger partial charge < -0.3 is 35.1 Å². The normalized spacial score (nSPS) is 14.5. The molecule has 1 aliphatic heterocycles. The molecule has 4 rings (SSSR count). The van der Waals surface area contributed by atoms with Gasteiger partial charge in [-0.25, -0.2) is 0 Å². The van der Waals surface area contributed by atoms with Crippen LogP contribution in [0, 0.1) is 17.0 Å². The van der Waals surface area contributed by atoms with Crippen molar-refractivity contribution in [1.29, 1.82) is 5.41 Å². The summed E-state index contributed by atoms with van der Waals surface area (Å²) in [5, 5.41) is 27.2. The summed E-state index contributed by atoms with van der Waals surface area (Å²) in [7, 11) is 3.13. The topological polar surface area (TPSA) is 172 Å². The summed E-state index contributed by atoms with van der Waals surface area (Å²) < 4.78 is 48.4. The average Bonchev–Trinajstić information content (AvgIpc) is 2.98. The van der Waals surface area contributed by atoms with Crippen molar-refractivity contribution in [2.45, 2.75) is 31.9 Å². The third kappa shape index (κ3) is 7.09. The number of aromatic nitrogens is 1. The van der Waals surface area contributed by atoms with Gasteiger partial charge in [-0.05, 0) is 56.2 Å². The first-order valence-corrected chi connectivity index (χ1v) is 13.2.